The Labute approximate surface area is 149 Å². The van der Waals surface area contributed by atoms with Crippen LogP contribution in [-0.2, 0) is 0 Å². The lowest BCUT2D eigenvalue weighted by molar-refractivity contribution is 0.355. The average Bonchev–Trinajstić information content (AvgIpc) is 2.67. The summed E-state index contributed by atoms with van der Waals surface area (Å²) in [5.41, 5.74) is 1.41. The highest BCUT2D eigenvalue weighted by Crippen LogP contribution is 2.33. The standard InChI is InChI=1S/C19H16N2O3S/c1-23-16-9-8-12(10-17(16)24-2)21-15-7-5-4-6-13(15)18(22)14(11-20)19(21)25-3/h4-10H,1-3H3. The number of pyridine rings is 1. The molecule has 0 aliphatic carbocycles. The number of aromatic nitrogens is 1. The zero-order chi connectivity index (χ0) is 18.0. The molecule has 0 aliphatic heterocycles. The van der Waals surface area contributed by atoms with Gasteiger partial charge in [0, 0.05) is 11.5 Å². The molecule has 5 nitrogen and oxygen atoms in total. The fraction of sp³-hybridized carbons (Fsp3) is 0.158. The van der Waals surface area contributed by atoms with Crippen LogP contribution >= 0.6 is 11.8 Å². The number of nitriles is 1. The Morgan fingerprint density at radius 2 is 1.80 bits per heavy atom. The van der Waals surface area contributed by atoms with E-state index in [4.69, 9.17) is 9.47 Å². The van der Waals surface area contributed by atoms with Crippen molar-refractivity contribution in [3.63, 3.8) is 0 Å². The first-order valence-corrected chi connectivity index (χ1v) is 8.73. The van der Waals surface area contributed by atoms with Crippen LogP contribution in [0.5, 0.6) is 11.5 Å². The molecule has 0 bridgehead atoms. The van der Waals surface area contributed by atoms with Crippen molar-refractivity contribution in [2.24, 2.45) is 0 Å². The summed E-state index contributed by atoms with van der Waals surface area (Å²) in [6.07, 6.45) is 1.85. The van der Waals surface area contributed by atoms with Gasteiger partial charge in [-0.2, -0.15) is 5.26 Å². The third kappa shape index (κ3) is 2.73. The molecule has 0 saturated carbocycles. The molecule has 0 radical (unpaired) electrons. The summed E-state index contributed by atoms with van der Waals surface area (Å²) < 4.78 is 12.6. The van der Waals surface area contributed by atoms with Crippen LogP contribution in [-0.4, -0.2) is 25.0 Å². The van der Waals surface area contributed by atoms with E-state index in [1.54, 1.807) is 32.4 Å². The van der Waals surface area contributed by atoms with E-state index in [2.05, 4.69) is 6.07 Å². The van der Waals surface area contributed by atoms with E-state index in [0.29, 0.717) is 21.9 Å². The summed E-state index contributed by atoms with van der Waals surface area (Å²) in [5, 5.41) is 10.6. The Morgan fingerprint density at radius 1 is 1.08 bits per heavy atom. The van der Waals surface area contributed by atoms with Crippen LogP contribution in [0.1, 0.15) is 5.56 Å². The van der Waals surface area contributed by atoms with Crippen molar-refractivity contribution in [3.8, 4) is 23.3 Å². The third-order valence-corrected chi connectivity index (χ3v) is 4.74. The highest BCUT2D eigenvalue weighted by molar-refractivity contribution is 7.98. The normalized spacial score (nSPS) is 10.5. The Hall–Kier alpha value is -2.91. The number of thioether (sulfide) groups is 1. The van der Waals surface area contributed by atoms with E-state index in [0.717, 1.165) is 11.2 Å². The van der Waals surface area contributed by atoms with Crippen LogP contribution in [0.25, 0.3) is 16.6 Å². The Kier molecular flexibility index (Phi) is 4.68. The molecule has 1 heterocycles. The number of hydrogen-bond acceptors (Lipinski definition) is 5. The zero-order valence-electron chi connectivity index (χ0n) is 14.1. The fourth-order valence-electron chi connectivity index (χ4n) is 2.83. The number of hydrogen-bond donors (Lipinski definition) is 0. The van der Waals surface area contributed by atoms with Gasteiger partial charge in [0.25, 0.3) is 0 Å². The van der Waals surface area contributed by atoms with Crippen LogP contribution in [0.3, 0.4) is 0 Å². The SMILES string of the molecule is COc1ccc(-n2c(SC)c(C#N)c(=O)c3ccccc32)cc1OC. The summed E-state index contributed by atoms with van der Waals surface area (Å²) in [5.74, 6) is 1.19. The summed E-state index contributed by atoms with van der Waals surface area (Å²) >= 11 is 1.36. The van der Waals surface area contributed by atoms with E-state index >= 15 is 0 Å². The van der Waals surface area contributed by atoms with Crippen molar-refractivity contribution in [1.29, 1.82) is 5.26 Å². The minimum atomic E-state index is -0.251. The summed E-state index contributed by atoms with van der Waals surface area (Å²) in [4.78, 5) is 12.7. The zero-order valence-corrected chi connectivity index (χ0v) is 14.9. The van der Waals surface area contributed by atoms with Gasteiger partial charge in [-0.15, -0.1) is 11.8 Å². The van der Waals surface area contributed by atoms with E-state index in [-0.39, 0.29) is 11.0 Å². The number of rotatable bonds is 4. The number of benzene rings is 2. The first-order valence-electron chi connectivity index (χ1n) is 7.50. The number of methoxy groups -OCH3 is 2. The van der Waals surface area contributed by atoms with Crippen molar-refractivity contribution >= 4 is 22.7 Å². The predicted octanol–water partition coefficient (Wildman–Crippen LogP) is 3.60. The van der Waals surface area contributed by atoms with E-state index < -0.39 is 0 Å². The fourth-order valence-corrected chi connectivity index (χ4v) is 3.55. The molecule has 0 saturated heterocycles. The Bertz CT molecular complexity index is 1050. The molecular weight excluding hydrogens is 336 g/mol. The molecule has 2 aromatic carbocycles. The molecule has 0 fully saturated rings. The second kappa shape index (κ2) is 6.91. The van der Waals surface area contributed by atoms with Gasteiger partial charge in [0.1, 0.15) is 16.7 Å². The number of fused-ring (bicyclic) bond motifs is 1. The maximum absolute atomic E-state index is 12.7. The minimum Gasteiger partial charge on any atom is -0.493 e. The van der Waals surface area contributed by atoms with Crippen molar-refractivity contribution in [3.05, 3.63) is 58.3 Å². The van der Waals surface area contributed by atoms with Crippen LogP contribution in [0, 0.1) is 11.3 Å². The smallest absolute Gasteiger partial charge is 0.208 e. The number of ether oxygens (including phenoxy) is 2. The summed E-state index contributed by atoms with van der Waals surface area (Å²) in [6.45, 7) is 0. The second-order valence-corrected chi connectivity index (χ2v) is 6.01. The lowest BCUT2D eigenvalue weighted by Crippen LogP contribution is -2.15. The van der Waals surface area contributed by atoms with Gasteiger partial charge in [-0.3, -0.25) is 4.79 Å². The molecule has 0 amide bonds. The molecule has 3 aromatic rings. The van der Waals surface area contributed by atoms with Crippen molar-refractivity contribution in [2.45, 2.75) is 5.03 Å². The Morgan fingerprint density at radius 3 is 2.44 bits per heavy atom. The third-order valence-electron chi connectivity index (χ3n) is 3.96. The van der Waals surface area contributed by atoms with Crippen LogP contribution in [0.4, 0.5) is 0 Å². The maximum Gasteiger partial charge on any atom is 0.208 e. The van der Waals surface area contributed by atoms with E-state index in [9.17, 15) is 10.1 Å². The van der Waals surface area contributed by atoms with Gasteiger partial charge in [0.15, 0.2) is 11.5 Å². The van der Waals surface area contributed by atoms with Crippen LogP contribution in [0.15, 0.2) is 52.3 Å². The van der Waals surface area contributed by atoms with Gasteiger partial charge in [-0.1, -0.05) is 12.1 Å². The molecule has 3 rings (SSSR count). The molecule has 25 heavy (non-hydrogen) atoms. The van der Waals surface area contributed by atoms with Gasteiger partial charge in [-0.05, 0) is 30.5 Å². The lowest BCUT2D eigenvalue weighted by atomic mass is 10.1. The minimum absolute atomic E-state index is 0.140. The Balaban J connectivity index is 2.46. The van der Waals surface area contributed by atoms with Gasteiger partial charge < -0.3 is 14.0 Å². The highest BCUT2D eigenvalue weighted by Gasteiger charge is 2.18. The average molecular weight is 352 g/mol. The van der Waals surface area contributed by atoms with E-state index in [1.807, 2.05) is 35.1 Å². The molecule has 126 valence electrons. The van der Waals surface area contributed by atoms with Crippen molar-refractivity contribution < 1.29 is 9.47 Å². The van der Waals surface area contributed by atoms with Crippen molar-refractivity contribution in [1.82, 2.24) is 4.57 Å². The molecule has 0 N–H and O–H groups in total. The van der Waals surface area contributed by atoms with Crippen molar-refractivity contribution in [2.75, 3.05) is 20.5 Å². The van der Waals surface area contributed by atoms with Crippen LogP contribution < -0.4 is 14.9 Å². The van der Waals surface area contributed by atoms with Gasteiger partial charge in [0.05, 0.1) is 25.4 Å². The monoisotopic (exact) mass is 352 g/mol. The quantitative estimate of drug-likeness (QED) is 0.671. The predicted molar refractivity (Wildman–Crippen MR) is 99.1 cm³/mol. The first kappa shape index (κ1) is 16.9. The topological polar surface area (TPSA) is 64.2 Å². The molecular formula is C19H16N2O3S. The number of para-hydroxylation sites is 1. The van der Waals surface area contributed by atoms with Gasteiger partial charge in [-0.25, -0.2) is 0 Å². The molecule has 0 aliphatic rings. The largest absolute Gasteiger partial charge is 0.493 e. The molecule has 0 unspecified atom stereocenters. The molecule has 0 atom stereocenters. The molecule has 0 spiro atoms. The van der Waals surface area contributed by atoms with Gasteiger partial charge >= 0.3 is 0 Å². The van der Waals surface area contributed by atoms with E-state index in [1.165, 1.54) is 11.8 Å². The van der Waals surface area contributed by atoms with Gasteiger partial charge in [0.2, 0.25) is 5.43 Å². The highest BCUT2D eigenvalue weighted by atomic mass is 32.2. The lowest BCUT2D eigenvalue weighted by Gasteiger charge is -2.18. The maximum atomic E-state index is 12.7. The molecule has 1 aromatic heterocycles. The van der Waals surface area contributed by atoms with Crippen LogP contribution in [0.2, 0.25) is 0 Å². The summed E-state index contributed by atoms with van der Waals surface area (Å²) in [6, 6.07) is 14.8. The first-order chi connectivity index (χ1) is 12.2. The summed E-state index contributed by atoms with van der Waals surface area (Å²) in [7, 11) is 3.15. The second-order valence-electron chi connectivity index (χ2n) is 5.22. The number of nitrogens with zero attached hydrogens (tertiary/aromatic N) is 2. The molecule has 6 heteroatoms.